The van der Waals surface area contributed by atoms with Crippen molar-refractivity contribution in [1.29, 1.82) is 0 Å². The molecule has 0 radical (unpaired) electrons. The smallest absolute Gasteiger partial charge is 0.126 e. The van der Waals surface area contributed by atoms with E-state index in [4.69, 9.17) is 0 Å². The van der Waals surface area contributed by atoms with E-state index < -0.39 is 0 Å². The van der Waals surface area contributed by atoms with Gasteiger partial charge in [0.05, 0.1) is 0 Å². The van der Waals surface area contributed by atoms with E-state index >= 15 is 0 Å². The van der Waals surface area contributed by atoms with Crippen LogP contribution in [0.5, 0.6) is 0 Å². The molecule has 0 fully saturated rings. The Labute approximate surface area is 104 Å². The molecule has 0 spiro atoms. The Bertz CT molecular complexity index is 356. The molecule has 2 nitrogen and oxygen atoms in total. The monoisotopic (exact) mass is 238 g/mol. The van der Waals surface area contributed by atoms with Gasteiger partial charge in [-0.05, 0) is 44.9 Å². The maximum Gasteiger partial charge on any atom is 0.126 e. The summed E-state index contributed by atoms with van der Waals surface area (Å²) >= 11 is 0. The molecule has 0 saturated heterocycles. The van der Waals surface area contributed by atoms with Crippen LogP contribution in [0.1, 0.15) is 31.9 Å². The number of rotatable bonds is 5. The highest BCUT2D eigenvalue weighted by Gasteiger charge is 2.06. The Morgan fingerprint density at radius 1 is 1.18 bits per heavy atom. The molecule has 0 aliphatic heterocycles. The van der Waals surface area contributed by atoms with E-state index in [9.17, 15) is 4.39 Å². The molecule has 0 unspecified atom stereocenters. The van der Waals surface area contributed by atoms with E-state index in [-0.39, 0.29) is 11.4 Å². The summed E-state index contributed by atoms with van der Waals surface area (Å²) in [6, 6.07) is 5.24. The van der Waals surface area contributed by atoms with Gasteiger partial charge in [-0.2, -0.15) is 0 Å². The number of nitrogens with one attached hydrogen (secondary N) is 2. The molecule has 96 valence electrons. The lowest BCUT2D eigenvalue weighted by molar-refractivity contribution is 0.421. The minimum atomic E-state index is -0.136. The largest absolute Gasteiger partial charge is 0.311 e. The third kappa shape index (κ3) is 5.80. The van der Waals surface area contributed by atoms with E-state index in [1.165, 1.54) is 6.07 Å². The van der Waals surface area contributed by atoms with Gasteiger partial charge in [-0.1, -0.05) is 12.1 Å². The summed E-state index contributed by atoms with van der Waals surface area (Å²) in [6.07, 6.45) is 0. The van der Waals surface area contributed by atoms with Crippen LogP contribution in [0.25, 0.3) is 0 Å². The predicted molar refractivity (Wildman–Crippen MR) is 70.6 cm³/mol. The van der Waals surface area contributed by atoms with Crippen LogP contribution in [0, 0.1) is 12.7 Å². The van der Waals surface area contributed by atoms with Crippen molar-refractivity contribution >= 4 is 0 Å². The van der Waals surface area contributed by atoms with Crippen molar-refractivity contribution in [3.05, 3.63) is 35.1 Å². The summed E-state index contributed by atoms with van der Waals surface area (Å²) in [5, 5.41) is 6.74. The van der Waals surface area contributed by atoms with Gasteiger partial charge in [-0.3, -0.25) is 0 Å². The lowest BCUT2D eigenvalue weighted by Gasteiger charge is -2.20. The Kier molecular flexibility index (Phi) is 5.09. The van der Waals surface area contributed by atoms with Gasteiger partial charge in [0.2, 0.25) is 0 Å². The molecule has 1 rings (SSSR count). The summed E-state index contributed by atoms with van der Waals surface area (Å²) in [6.45, 7) is 10.9. The van der Waals surface area contributed by atoms with Gasteiger partial charge in [0.15, 0.2) is 0 Å². The minimum absolute atomic E-state index is 0.136. The summed E-state index contributed by atoms with van der Waals surface area (Å²) < 4.78 is 13.0. The first kappa shape index (κ1) is 14.1. The summed E-state index contributed by atoms with van der Waals surface area (Å²) in [5.41, 5.74) is 1.99. The van der Waals surface area contributed by atoms with Gasteiger partial charge in [-0.15, -0.1) is 0 Å². The van der Waals surface area contributed by atoms with Crippen molar-refractivity contribution in [2.45, 2.75) is 39.8 Å². The van der Waals surface area contributed by atoms with Crippen molar-refractivity contribution in [1.82, 2.24) is 10.6 Å². The predicted octanol–water partition coefficient (Wildman–Crippen LogP) is 2.61. The molecule has 0 bridgehead atoms. The molecule has 0 amide bonds. The van der Waals surface area contributed by atoms with Gasteiger partial charge >= 0.3 is 0 Å². The van der Waals surface area contributed by atoms with E-state index in [2.05, 4.69) is 31.4 Å². The van der Waals surface area contributed by atoms with Crippen molar-refractivity contribution in [3.8, 4) is 0 Å². The number of hydrogen-bond donors (Lipinski definition) is 2. The topological polar surface area (TPSA) is 24.1 Å². The Morgan fingerprint density at radius 3 is 2.47 bits per heavy atom. The molecule has 0 aliphatic carbocycles. The Balaban J connectivity index is 2.25. The average molecular weight is 238 g/mol. The van der Waals surface area contributed by atoms with Crippen molar-refractivity contribution < 1.29 is 4.39 Å². The molecule has 3 heteroatoms. The fourth-order valence-electron chi connectivity index (χ4n) is 1.58. The van der Waals surface area contributed by atoms with E-state index in [1.807, 2.05) is 12.1 Å². The second-order valence-electron chi connectivity index (χ2n) is 5.44. The first-order valence-corrected chi connectivity index (χ1v) is 6.09. The van der Waals surface area contributed by atoms with Crippen LogP contribution in [0.15, 0.2) is 18.2 Å². The van der Waals surface area contributed by atoms with Crippen LogP contribution in [0.2, 0.25) is 0 Å². The number of aryl methyl sites for hydroxylation is 1. The lowest BCUT2D eigenvalue weighted by atomic mass is 10.1. The maximum atomic E-state index is 13.0. The fourth-order valence-corrected chi connectivity index (χ4v) is 1.58. The quantitative estimate of drug-likeness (QED) is 0.771. The van der Waals surface area contributed by atoms with Gasteiger partial charge in [0.25, 0.3) is 0 Å². The molecule has 1 aromatic carbocycles. The maximum absolute atomic E-state index is 13.0. The number of halogens is 1. The average Bonchev–Trinajstić information content (AvgIpc) is 2.21. The summed E-state index contributed by atoms with van der Waals surface area (Å²) in [5.74, 6) is -0.136. The third-order valence-electron chi connectivity index (χ3n) is 2.51. The SMILES string of the molecule is Cc1cc(CNCCNC(C)(C)C)ccc1F. The zero-order valence-electron chi connectivity index (χ0n) is 11.2. The molecular weight excluding hydrogens is 215 g/mol. The summed E-state index contributed by atoms with van der Waals surface area (Å²) in [4.78, 5) is 0. The molecule has 0 saturated carbocycles. The highest BCUT2D eigenvalue weighted by Crippen LogP contribution is 2.08. The molecule has 0 aliphatic rings. The number of hydrogen-bond acceptors (Lipinski definition) is 2. The highest BCUT2D eigenvalue weighted by atomic mass is 19.1. The van der Waals surface area contributed by atoms with Crippen LogP contribution in [0.3, 0.4) is 0 Å². The van der Waals surface area contributed by atoms with Gasteiger partial charge in [0, 0.05) is 25.2 Å². The second-order valence-corrected chi connectivity index (χ2v) is 5.44. The molecule has 0 heterocycles. The molecule has 2 N–H and O–H groups in total. The van der Waals surface area contributed by atoms with Crippen molar-refractivity contribution in [2.75, 3.05) is 13.1 Å². The van der Waals surface area contributed by atoms with Gasteiger partial charge in [0.1, 0.15) is 5.82 Å². The van der Waals surface area contributed by atoms with Gasteiger partial charge < -0.3 is 10.6 Å². The number of benzene rings is 1. The van der Waals surface area contributed by atoms with E-state index in [0.717, 1.165) is 25.2 Å². The minimum Gasteiger partial charge on any atom is -0.311 e. The van der Waals surface area contributed by atoms with Crippen LogP contribution < -0.4 is 10.6 Å². The standard InChI is InChI=1S/C14H23FN2/c1-11-9-12(5-6-13(11)15)10-16-7-8-17-14(2,3)4/h5-6,9,16-17H,7-8,10H2,1-4H3. The molecule has 0 atom stereocenters. The van der Waals surface area contributed by atoms with Crippen LogP contribution in [-0.2, 0) is 6.54 Å². The zero-order valence-corrected chi connectivity index (χ0v) is 11.2. The van der Waals surface area contributed by atoms with E-state index in [0.29, 0.717) is 5.56 Å². The normalized spacial score (nSPS) is 11.8. The van der Waals surface area contributed by atoms with Crippen LogP contribution in [0.4, 0.5) is 4.39 Å². The zero-order chi connectivity index (χ0) is 12.9. The second kappa shape index (κ2) is 6.12. The molecule has 17 heavy (non-hydrogen) atoms. The third-order valence-corrected chi connectivity index (χ3v) is 2.51. The van der Waals surface area contributed by atoms with Crippen LogP contribution >= 0.6 is 0 Å². The van der Waals surface area contributed by atoms with E-state index in [1.54, 1.807) is 6.92 Å². The molecule has 0 aromatic heterocycles. The fraction of sp³-hybridized carbons (Fsp3) is 0.571. The summed E-state index contributed by atoms with van der Waals surface area (Å²) in [7, 11) is 0. The Hall–Kier alpha value is -0.930. The first-order chi connectivity index (χ1) is 7.88. The lowest BCUT2D eigenvalue weighted by Crippen LogP contribution is -2.40. The van der Waals surface area contributed by atoms with Crippen molar-refractivity contribution in [2.24, 2.45) is 0 Å². The van der Waals surface area contributed by atoms with Gasteiger partial charge in [-0.25, -0.2) is 4.39 Å². The van der Waals surface area contributed by atoms with Crippen molar-refractivity contribution in [3.63, 3.8) is 0 Å². The Morgan fingerprint density at radius 2 is 1.88 bits per heavy atom. The molecular formula is C14H23FN2. The first-order valence-electron chi connectivity index (χ1n) is 6.09. The highest BCUT2D eigenvalue weighted by molar-refractivity contribution is 5.23. The molecule has 1 aromatic rings. The van der Waals surface area contributed by atoms with Crippen LogP contribution in [-0.4, -0.2) is 18.6 Å².